The molecule has 0 unspecified atom stereocenters. The summed E-state index contributed by atoms with van der Waals surface area (Å²) in [6.45, 7) is 5.49. The van der Waals surface area contributed by atoms with Gasteiger partial charge in [0.2, 0.25) is 5.89 Å². The number of alkyl halides is 3. The molecule has 4 rings (SSSR count). The SMILES string of the molecule is Cc1nc(CN2CCN(c3nc4cc(C(F)(F)F)ccc4s3)CC2)no1. The Hall–Kier alpha value is -2.20. The Kier molecular flexibility index (Phi) is 4.31. The lowest BCUT2D eigenvalue weighted by atomic mass is 10.2. The second-order valence-electron chi connectivity index (χ2n) is 6.17. The zero-order valence-electron chi connectivity index (χ0n) is 14.0. The van der Waals surface area contributed by atoms with Crippen molar-refractivity contribution < 1.29 is 17.7 Å². The van der Waals surface area contributed by atoms with Gasteiger partial charge in [-0.25, -0.2) is 4.98 Å². The second kappa shape index (κ2) is 6.51. The van der Waals surface area contributed by atoms with Gasteiger partial charge < -0.3 is 9.42 Å². The van der Waals surface area contributed by atoms with Gasteiger partial charge in [-0.1, -0.05) is 16.5 Å². The molecular formula is C16H16F3N5OS. The summed E-state index contributed by atoms with van der Waals surface area (Å²) in [5, 5.41) is 4.66. The molecule has 1 aromatic carbocycles. The molecule has 3 aromatic rings. The predicted octanol–water partition coefficient (Wildman–Crippen LogP) is 3.33. The number of hydrogen-bond donors (Lipinski definition) is 0. The average molecular weight is 383 g/mol. The highest BCUT2D eigenvalue weighted by Gasteiger charge is 2.31. The Labute approximate surface area is 151 Å². The van der Waals surface area contributed by atoms with Crippen LogP contribution in [0.1, 0.15) is 17.3 Å². The predicted molar refractivity (Wildman–Crippen MR) is 91.1 cm³/mol. The highest BCUT2D eigenvalue weighted by molar-refractivity contribution is 7.22. The number of rotatable bonds is 3. The van der Waals surface area contributed by atoms with Crippen molar-refractivity contribution in [3.63, 3.8) is 0 Å². The van der Waals surface area contributed by atoms with E-state index in [4.69, 9.17) is 4.52 Å². The molecule has 0 atom stereocenters. The number of nitrogens with zero attached hydrogens (tertiary/aromatic N) is 5. The minimum absolute atomic E-state index is 0.393. The molecule has 0 radical (unpaired) electrons. The number of aryl methyl sites for hydroxylation is 1. The monoisotopic (exact) mass is 383 g/mol. The number of piperazine rings is 1. The first kappa shape index (κ1) is 17.2. The fourth-order valence-corrected chi connectivity index (χ4v) is 3.93. The van der Waals surface area contributed by atoms with Crippen molar-refractivity contribution in [3.8, 4) is 0 Å². The molecule has 1 aliphatic rings. The fourth-order valence-electron chi connectivity index (χ4n) is 2.93. The first-order valence-electron chi connectivity index (χ1n) is 8.13. The second-order valence-corrected chi connectivity index (χ2v) is 7.18. The van der Waals surface area contributed by atoms with Gasteiger partial charge in [-0.2, -0.15) is 18.2 Å². The lowest BCUT2D eigenvalue weighted by Crippen LogP contribution is -2.46. The molecular weight excluding hydrogens is 367 g/mol. The number of hydrogen-bond acceptors (Lipinski definition) is 7. The third kappa shape index (κ3) is 3.51. The van der Waals surface area contributed by atoms with E-state index >= 15 is 0 Å². The van der Waals surface area contributed by atoms with E-state index in [-0.39, 0.29) is 0 Å². The normalized spacial score (nSPS) is 16.5. The molecule has 6 nitrogen and oxygen atoms in total. The van der Waals surface area contributed by atoms with Crippen molar-refractivity contribution in [1.82, 2.24) is 20.0 Å². The van der Waals surface area contributed by atoms with Gasteiger partial charge in [0.05, 0.1) is 22.3 Å². The van der Waals surface area contributed by atoms with E-state index in [9.17, 15) is 13.2 Å². The van der Waals surface area contributed by atoms with Gasteiger partial charge in [-0.15, -0.1) is 0 Å². The van der Waals surface area contributed by atoms with E-state index in [1.54, 1.807) is 6.92 Å². The van der Waals surface area contributed by atoms with Crippen LogP contribution in [-0.2, 0) is 12.7 Å². The molecule has 1 fully saturated rings. The maximum atomic E-state index is 12.8. The standard InChI is InChI=1S/C16H16F3N5OS/c1-10-20-14(22-25-10)9-23-4-6-24(7-5-23)15-21-12-8-11(16(17,18)19)2-3-13(12)26-15/h2-3,8H,4-7,9H2,1H3. The summed E-state index contributed by atoms with van der Waals surface area (Å²) in [6.07, 6.45) is -4.35. The minimum Gasteiger partial charge on any atom is -0.345 e. The van der Waals surface area contributed by atoms with Crippen molar-refractivity contribution in [3.05, 3.63) is 35.5 Å². The number of thiazole rings is 1. The summed E-state index contributed by atoms with van der Waals surface area (Å²) in [5.74, 6) is 1.21. The van der Waals surface area contributed by atoms with Gasteiger partial charge >= 0.3 is 6.18 Å². The Bertz CT molecular complexity index is 914. The molecule has 0 aliphatic carbocycles. The van der Waals surface area contributed by atoms with Gasteiger partial charge in [0.15, 0.2) is 11.0 Å². The van der Waals surface area contributed by atoms with Crippen molar-refractivity contribution in [2.75, 3.05) is 31.1 Å². The lowest BCUT2D eigenvalue weighted by Gasteiger charge is -2.33. The molecule has 2 aromatic heterocycles. The summed E-state index contributed by atoms with van der Waals surface area (Å²) >= 11 is 1.42. The number of anilines is 1. The van der Waals surface area contributed by atoms with Crippen LogP contribution in [0.3, 0.4) is 0 Å². The van der Waals surface area contributed by atoms with Crippen LogP contribution in [0.15, 0.2) is 22.7 Å². The maximum absolute atomic E-state index is 12.8. The topological polar surface area (TPSA) is 58.3 Å². The van der Waals surface area contributed by atoms with Crippen LogP contribution in [0.5, 0.6) is 0 Å². The van der Waals surface area contributed by atoms with Gasteiger partial charge in [-0.3, -0.25) is 4.90 Å². The van der Waals surface area contributed by atoms with E-state index in [0.29, 0.717) is 23.8 Å². The summed E-state index contributed by atoms with van der Waals surface area (Å²) in [5.41, 5.74) is -0.272. The van der Waals surface area contributed by atoms with Crippen LogP contribution in [0, 0.1) is 6.92 Å². The fraction of sp³-hybridized carbons (Fsp3) is 0.438. The Morgan fingerprint density at radius 2 is 1.92 bits per heavy atom. The van der Waals surface area contributed by atoms with E-state index in [2.05, 4.69) is 24.9 Å². The molecule has 0 N–H and O–H groups in total. The van der Waals surface area contributed by atoms with Gasteiger partial charge in [0.1, 0.15) is 0 Å². The zero-order chi connectivity index (χ0) is 18.3. The average Bonchev–Trinajstić information content (AvgIpc) is 3.20. The van der Waals surface area contributed by atoms with Crippen LogP contribution in [0.4, 0.5) is 18.3 Å². The molecule has 0 bridgehead atoms. The van der Waals surface area contributed by atoms with Gasteiger partial charge in [0, 0.05) is 33.1 Å². The summed E-state index contributed by atoms with van der Waals surface area (Å²) in [7, 11) is 0. The van der Waals surface area contributed by atoms with Crippen LogP contribution in [0.2, 0.25) is 0 Å². The highest BCUT2D eigenvalue weighted by Crippen LogP contribution is 2.35. The van der Waals surface area contributed by atoms with Gasteiger partial charge in [0.25, 0.3) is 0 Å². The zero-order valence-corrected chi connectivity index (χ0v) is 14.8. The van der Waals surface area contributed by atoms with Crippen molar-refractivity contribution >= 4 is 26.7 Å². The summed E-state index contributed by atoms with van der Waals surface area (Å²) in [4.78, 5) is 12.9. The third-order valence-corrected chi connectivity index (χ3v) is 5.38. The highest BCUT2D eigenvalue weighted by atomic mass is 32.1. The van der Waals surface area contributed by atoms with Crippen LogP contribution < -0.4 is 4.90 Å². The van der Waals surface area contributed by atoms with Crippen molar-refractivity contribution in [2.45, 2.75) is 19.6 Å². The summed E-state index contributed by atoms with van der Waals surface area (Å²) < 4.78 is 44.3. The van der Waals surface area contributed by atoms with Crippen LogP contribution in [0.25, 0.3) is 10.2 Å². The molecule has 1 saturated heterocycles. The third-order valence-electron chi connectivity index (χ3n) is 4.28. The molecule has 3 heterocycles. The number of aromatic nitrogens is 3. The Morgan fingerprint density at radius 1 is 1.15 bits per heavy atom. The molecule has 138 valence electrons. The van der Waals surface area contributed by atoms with Gasteiger partial charge in [-0.05, 0) is 18.2 Å². The maximum Gasteiger partial charge on any atom is 0.416 e. The first-order chi connectivity index (χ1) is 12.4. The van der Waals surface area contributed by atoms with Crippen LogP contribution >= 0.6 is 11.3 Å². The minimum atomic E-state index is -4.35. The molecule has 1 aliphatic heterocycles. The molecule has 0 saturated carbocycles. The Balaban J connectivity index is 1.44. The summed E-state index contributed by atoms with van der Waals surface area (Å²) in [6, 6.07) is 3.72. The van der Waals surface area contributed by atoms with E-state index in [1.807, 2.05) is 0 Å². The molecule has 10 heteroatoms. The van der Waals surface area contributed by atoms with E-state index in [1.165, 1.54) is 17.4 Å². The molecule has 0 amide bonds. The van der Waals surface area contributed by atoms with Crippen molar-refractivity contribution in [1.29, 1.82) is 0 Å². The first-order valence-corrected chi connectivity index (χ1v) is 8.94. The Morgan fingerprint density at radius 3 is 2.58 bits per heavy atom. The number of benzene rings is 1. The van der Waals surface area contributed by atoms with Crippen molar-refractivity contribution in [2.24, 2.45) is 0 Å². The number of halogens is 3. The quantitative estimate of drug-likeness (QED) is 0.692. The van der Waals surface area contributed by atoms with Crippen LogP contribution in [-0.4, -0.2) is 46.2 Å². The molecule has 0 spiro atoms. The van der Waals surface area contributed by atoms with E-state index in [0.717, 1.165) is 48.1 Å². The van der Waals surface area contributed by atoms with E-state index < -0.39 is 11.7 Å². The largest absolute Gasteiger partial charge is 0.416 e. The molecule has 26 heavy (non-hydrogen) atoms. The smallest absolute Gasteiger partial charge is 0.345 e. The number of fused-ring (bicyclic) bond motifs is 1. The lowest BCUT2D eigenvalue weighted by molar-refractivity contribution is -0.137.